The van der Waals surface area contributed by atoms with E-state index in [1.54, 1.807) is 0 Å². The number of nitrogens with one attached hydrogen (secondary N) is 1. The number of hydrogen-bond donors (Lipinski definition) is 1. The first kappa shape index (κ1) is 11.5. The summed E-state index contributed by atoms with van der Waals surface area (Å²) in [4.78, 5) is 4.42. The molecule has 0 saturated carbocycles. The highest BCUT2D eigenvalue weighted by Gasteiger charge is 1.95. The minimum atomic E-state index is 1.05. The van der Waals surface area contributed by atoms with Crippen LogP contribution < -0.4 is 5.32 Å². The fourth-order valence-electron chi connectivity index (χ4n) is 1.38. The number of pyridine rings is 1. The maximum absolute atomic E-state index is 4.42. The van der Waals surface area contributed by atoms with Gasteiger partial charge in [-0.3, -0.25) is 4.98 Å². The molecule has 1 heterocycles. The van der Waals surface area contributed by atoms with Crippen molar-refractivity contribution >= 4 is 16.6 Å². The first-order chi connectivity index (χ1) is 7.29. The molecule has 2 rings (SSSR count). The maximum atomic E-state index is 4.42. The summed E-state index contributed by atoms with van der Waals surface area (Å²) in [6.07, 6.45) is 0. The van der Waals surface area contributed by atoms with Crippen molar-refractivity contribution in [2.75, 3.05) is 12.4 Å². The molecule has 1 aromatic heterocycles. The molecule has 15 heavy (non-hydrogen) atoms. The molecular weight excluding hydrogens is 184 g/mol. The van der Waals surface area contributed by atoms with Crippen LogP contribution in [0.4, 0.5) is 5.69 Å². The minimum Gasteiger partial charge on any atom is -0.388 e. The lowest BCUT2D eigenvalue weighted by molar-refractivity contribution is 1.26. The lowest BCUT2D eigenvalue weighted by Crippen LogP contribution is -1.88. The van der Waals surface area contributed by atoms with Crippen molar-refractivity contribution in [3.63, 3.8) is 0 Å². The van der Waals surface area contributed by atoms with E-state index in [4.69, 9.17) is 0 Å². The first-order valence-corrected chi connectivity index (χ1v) is 5.35. The molecule has 0 amide bonds. The largest absolute Gasteiger partial charge is 0.388 e. The molecule has 0 aliphatic heterocycles. The van der Waals surface area contributed by atoms with E-state index in [1.807, 2.05) is 46.0 Å². The highest BCUT2D eigenvalue weighted by atomic mass is 14.8. The number of aromatic nitrogens is 1. The Morgan fingerprint density at radius 3 is 2.47 bits per heavy atom. The summed E-state index contributed by atoms with van der Waals surface area (Å²) in [6, 6.07) is 10.3. The van der Waals surface area contributed by atoms with E-state index in [0.29, 0.717) is 0 Å². The number of aryl methyl sites for hydroxylation is 1. The fraction of sp³-hybridized carbons (Fsp3) is 0.308. The predicted octanol–water partition coefficient (Wildman–Crippen LogP) is 3.61. The number of rotatable bonds is 1. The van der Waals surface area contributed by atoms with Gasteiger partial charge in [0.25, 0.3) is 0 Å². The summed E-state index contributed by atoms with van der Waals surface area (Å²) in [5.41, 5.74) is 3.24. The number of hydrogen-bond acceptors (Lipinski definition) is 2. The van der Waals surface area contributed by atoms with Crippen molar-refractivity contribution in [2.45, 2.75) is 20.8 Å². The molecule has 2 nitrogen and oxygen atoms in total. The van der Waals surface area contributed by atoms with Gasteiger partial charge in [-0.15, -0.1) is 0 Å². The zero-order valence-electron chi connectivity index (χ0n) is 9.83. The van der Waals surface area contributed by atoms with Crippen molar-refractivity contribution in [3.05, 3.63) is 36.0 Å². The Morgan fingerprint density at radius 1 is 1.07 bits per heavy atom. The third-order valence-electron chi connectivity index (χ3n) is 2.12. The predicted molar refractivity (Wildman–Crippen MR) is 67.4 cm³/mol. The van der Waals surface area contributed by atoms with Crippen molar-refractivity contribution in [2.24, 2.45) is 0 Å². The summed E-state index contributed by atoms with van der Waals surface area (Å²) in [6.45, 7) is 6.01. The highest BCUT2D eigenvalue weighted by Crippen LogP contribution is 2.17. The van der Waals surface area contributed by atoms with Crippen molar-refractivity contribution in [3.8, 4) is 0 Å². The average molecular weight is 202 g/mol. The van der Waals surface area contributed by atoms with E-state index in [2.05, 4.69) is 22.4 Å². The molecule has 0 spiro atoms. The van der Waals surface area contributed by atoms with E-state index in [9.17, 15) is 0 Å². The van der Waals surface area contributed by atoms with Crippen LogP contribution in [-0.4, -0.2) is 12.0 Å². The van der Waals surface area contributed by atoms with Crippen LogP contribution in [0.3, 0.4) is 0 Å². The molecule has 0 saturated heterocycles. The summed E-state index contributed by atoms with van der Waals surface area (Å²) >= 11 is 0. The standard InChI is InChI=1S/C11H12N2.C2H6/c1-8-3-4-9-7-10(12-2)5-6-11(9)13-8;1-2/h3-7,12H,1-2H3;1-2H3. The minimum absolute atomic E-state index is 1.05. The van der Waals surface area contributed by atoms with Crippen LogP contribution in [0.1, 0.15) is 19.5 Å². The van der Waals surface area contributed by atoms with E-state index >= 15 is 0 Å². The molecule has 1 aromatic carbocycles. The molecular formula is C13H18N2. The smallest absolute Gasteiger partial charge is 0.0706 e. The van der Waals surface area contributed by atoms with Gasteiger partial charge in [0, 0.05) is 23.8 Å². The van der Waals surface area contributed by atoms with Crippen LogP contribution in [-0.2, 0) is 0 Å². The van der Waals surface area contributed by atoms with Gasteiger partial charge in [0.1, 0.15) is 0 Å². The van der Waals surface area contributed by atoms with Crippen LogP contribution in [0.5, 0.6) is 0 Å². The second-order valence-corrected chi connectivity index (χ2v) is 3.11. The SMILES string of the molecule is CC.CNc1ccc2nc(C)ccc2c1. The van der Waals surface area contributed by atoms with Gasteiger partial charge >= 0.3 is 0 Å². The summed E-state index contributed by atoms with van der Waals surface area (Å²) in [5.74, 6) is 0. The maximum Gasteiger partial charge on any atom is 0.0706 e. The van der Waals surface area contributed by atoms with E-state index < -0.39 is 0 Å². The van der Waals surface area contributed by atoms with E-state index in [1.165, 1.54) is 5.39 Å². The second kappa shape index (κ2) is 5.35. The average Bonchev–Trinajstić information content (AvgIpc) is 2.31. The molecule has 0 radical (unpaired) electrons. The van der Waals surface area contributed by atoms with Crippen molar-refractivity contribution in [1.29, 1.82) is 0 Å². The zero-order chi connectivity index (χ0) is 11.3. The summed E-state index contributed by atoms with van der Waals surface area (Å²) in [7, 11) is 1.92. The summed E-state index contributed by atoms with van der Waals surface area (Å²) in [5, 5.41) is 4.28. The Hall–Kier alpha value is -1.57. The molecule has 2 heteroatoms. The van der Waals surface area contributed by atoms with Crippen LogP contribution >= 0.6 is 0 Å². The van der Waals surface area contributed by atoms with Gasteiger partial charge < -0.3 is 5.32 Å². The lowest BCUT2D eigenvalue weighted by Gasteiger charge is -2.02. The Kier molecular flexibility index (Phi) is 4.10. The third-order valence-corrected chi connectivity index (χ3v) is 2.12. The monoisotopic (exact) mass is 202 g/mol. The van der Waals surface area contributed by atoms with Gasteiger partial charge in [0.2, 0.25) is 0 Å². The number of fused-ring (bicyclic) bond motifs is 1. The van der Waals surface area contributed by atoms with Gasteiger partial charge in [-0.05, 0) is 31.2 Å². The van der Waals surface area contributed by atoms with Gasteiger partial charge in [0.15, 0.2) is 0 Å². The number of nitrogens with zero attached hydrogens (tertiary/aromatic N) is 1. The molecule has 0 aliphatic carbocycles. The van der Waals surface area contributed by atoms with Crippen LogP contribution in [0, 0.1) is 6.92 Å². The Labute approximate surface area is 91.3 Å². The number of benzene rings is 1. The van der Waals surface area contributed by atoms with Gasteiger partial charge in [-0.1, -0.05) is 19.9 Å². The Bertz CT molecular complexity index is 435. The lowest BCUT2D eigenvalue weighted by atomic mass is 10.2. The van der Waals surface area contributed by atoms with Crippen molar-refractivity contribution < 1.29 is 0 Å². The quantitative estimate of drug-likeness (QED) is 0.764. The normalized spacial score (nSPS) is 9.33. The third kappa shape index (κ3) is 2.69. The molecule has 0 atom stereocenters. The molecule has 0 unspecified atom stereocenters. The fourth-order valence-corrected chi connectivity index (χ4v) is 1.38. The number of anilines is 1. The van der Waals surface area contributed by atoms with Crippen LogP contribution in [0.25, 0.3) is 10.9 Å². The first-order valence-electron chi connectivity index (χ1n) is 5.35. The van der Waals surface area contributed by atoms with Crippen LogP contribution in [0.15, 0.2) is 30.3 Å². The highest BCUT2D eigenvalue weighted by molar-refractivity contribution is 5.82. The molecule has 0 aliphatic rings. The second-order valence-electron chi connectivity index (χ2n) is 3.11. The Morgan fingerprint density at radius 2 is 1.80 bits per heavy atom. The molecule has 80 valence electrons. The molecule has 0 fully saturated rings. The molecule has 1 N–H and O–H groups in total. The van der Waals surface area contributed by atoms with E-state index in [0.717, 1.165) is 16.9 Å². The van der Waals surface area contributed by atoms with Crippen LogP contribution in [0.2, 0.25) is 0 Å². The molecule has 0 bridgehead atoms. The Balaban J connectivity index is 0.000000531. The van der Waals surface area contributed by atoms with Gasteiger partial charge in [-0.25, -0.2) is 0 Å². The summed E-state index contributed by atoms with van der Waals surface area (Å²) < 4.78 is 0. The molecule has 2 aromatic rings. The van der Waals surface area contributed by atoms with Crippen molar-refractivity contribution in [1.82, 2.24) is 4.98 Å². The zero-order valence-corrected chi connectivity index (χ0v) is 9.83. The van der Waals surface area contributed by atoms with Gasteiger partial charge in [-0.2, -0.15) is 0 Å². The topological polar surface area (TPSA) is 24.9 Å². The van der Waals surface area contributed by atoms with E-state index in [-0.39, 0.29) is 0 Å². The van der Waals surface area contributed by atoms with Gasteiger partial charge in [0.05, 0.1) is 5.52 Å².